The average Bonchev–Trinajstić information content (AvgIpc) is 2.23. The van der Waals surface area contributed by atoms with Gasteiger partial charge in [-0.3, -0.25) is 4.57 Å². The molecule has 18 heavy (non-hydrogen) atoms. The van der Waals surface area contributed by atoms with Gasteiger partial charge < -0.3 is 9.05 Å². The minimum Gasteiger partial charge on any atom is -0.304 e. The van der Waals surface area contributed by atoms with Crippen LogP contribution in [-0.4, -0.2) is 37.9 Å². The van der Waals surface area contributed by atoms with Crippen molar-refractivity contribution in [2.75, 3.05) is 13.2 Å². The lowest BCUT2D eigenvalue weighted by atomic mass is 10.4. The molecular formula is C6H7F8O3P. The second-order valence-electron chi connectivity index (χ2n) is 2.95. The maximum absolute atomic E-state index is 12.2. The van der Waals surface area contributed by atoms with Crippen LogP contribution in [0.3, 0.4) is 0 Å². The van der Waals surface area contributed by atoms with Gasteiger partial charge in [-0.25, -0.2) is 17.6 Å². The summed E-state index contributed by atoms with van der Waals surface area (Å²) < 4.78 is 113. The first-order chi connectivity index (χ1) is 7.99. The van der Waals surface area contributed by atoms with Crippen LogP contribution in [0.1, 0.15) is 0 Å². The van der Waals surface area contributed by atoms with E-state index < -0.39 is 46.2 Å². The standard InChI is InChI=1S/C6H7F8O3P/c7-3(8)5(11,12)1-16-18(15)17-2-6(13,14)4(9)10/h3-4,18H,1-2H2. The Balaban J connectivity index is 4.08. The molecule has 0 aromatic rings. The van der Waals surface area contributed by atoms with Crippen molar-refractivity contribution >= 4 is 8.25 Å². The van der Waals surface area contributed by atoms with E-state index >= 15 is 0 Å². The van der Waals surface area contributed by atoms with Gasteiger partial charge in [0, 0.05) is 0 Å². The van der Waals surface area contributed by atoms with Crippen molar-refractivity contribution in [1.82, 2.24) is 0 Å². The number of hydrogen-bond acceptors (Lipinski definition) is 3. The van der Waals surface area contributed by atoms with Crippen LogP contribution >= 0.6 is 8.25 Å². The Morgan fingerprint density at radius 1 is 0.833 bits per heavy atom. The number of hydrogen-bond donors (Lipinski definition) is 0. The Bertz CT molecular complexity index is 258. The fourth-order valence-electron chi connectivity index (χ4n) is 0.478. The van der Waals surface area contributed by atoms with Gasteiger partial charge in [-0.1, -0.05) is 0 Å². The van der Waals surface area contributed by atoms with Crippen LogP contribution in [0.25, 0.3) is 0 Å². The first-order valence-corrected chi connectivity index (χ1v) is 5.33. The third-order valence-electron chi connectivity index (χ3n) is 1.40. The van der Waals surface area contributed by atoms with E-state index in [1.165, 1.54) is 0 Å². The highest BCUT2D eigenvalue weighted by Crippen LogP contribution is 2.33. The lowest BCUT2D eigenvalue weighted by Crippen LogP contribution is -2.32. The summed E-state index contributed by atoms with van der Waals surface area (Å²) >= 11 is 0. The molecule has 0 aromatic heterocycles. The molecule has 3 nitrogen and oxygen atoms in total. The molecule has 0 unspecified atom stereocenters. The van der Waals surface area contributed by atoms with Gasteiger partial charge >= 0.3 is 33.0 Å². The lowest BCUT2D eigenvalue weighted by molar-refractivity contribution is -0.156. The van der Waals surface area contributed by atoms with E-state index in [2.05, 4.69) is 9.05 Å². The SMILES string of the molecule is O=[PH](OCC(F)(F)C(F)F)OCC(F)(F)C(F)F. The van der Waals surface area contributed by atoms with E-state index in [-0.39, 0.29) is 0 Å². The summed E-state index contributed by atoms with van der Waals surface area (Å²) in [5.74, 6) is -9.29. The maximum atomic E-state index is 12.2. The topological polar surface area (TPSA) is 35.5 Å². The molecule has 0 fully saturated rings. The normalized spacial score (nSPS) is 13.9. The van der Waals surface area contributed by atoms with Gasteiger partial charge in [0.25, 0.3) is 0 Å². The molecule has 0 bridgehead atoms. The van der Waals surface area contributed by atoms with E-state index in [0.29, 0.717) is 0 Å². The number of halogens is 8. The molecule has 0 heterocycles. The number of rotatable bonds is 8. The van der Waals surface area contributed by atoms with Crippen molar-refractivity contribution in [2.45, 2.75) is 24.7 Å². The monoisotopic (exact) mass is 310 g/mol. The largest absolute Gasteiger partial charge is 0.330 e. The molecule has 0 saturated heterocycles. The van der Waals surface area contributed by atoms with Crippen LogP contribution in [0.2, 0.25) is 0 Å². The van der Waals surface area contributed by atoms with Crippen LogP contribution in [0, 0.1) is 0 Å². The first-order valence-electron chi connectivity index (χ1n) is 4.10. The van der Waals surface area contributed by atoms with Crippen molar-refractivity contribution in [2.24, 2.45) is 0 Å². The first kappa shape index (κ1) is 17.6. The molecule has 0 aliphatic rings. The van der Waals surface area contributed by atoms with Gasteiger partial charge in [0.1, 0.15) is 13.2 Å². The zero-order chi connectivity index (χ0) is 14.6. The quantitative estimate of drug-likeness (QED) is 0.510. The summed E-state index contributed by atoms with van der Waals surface area (Å²) in [7, 11) is -4.00. The molecule has 0 radical (unpaired) electrons. The van der Waals surface area contributed by atoms with Crippen LogP contribution in [-0.2, 0) is 13.6 Å². The summed E-state index contributed by atoms with van der Waals surface area (Å²) in [6.07, 6.45) is -8.23. The Morgan fingerprint density at radius 3 is 1.33 bits per heavy atom. The smallest absolute Gasteiger partial charge is 0.304 e. The van der Waals surface area contributed by atoms with E-state index in [9.17, 15) is 39.7 Å². The third kappa shape index (κ3) is 5.96. The molecule has 0 rings (SSSR count). The highest BCUT2D eigenvalue weighted by molar-refractivity contribution is 7.33. The van der Waals surface area contributed by atoms with Crippen LogP contribution < -0.4 is 0 Å². The van der Waals surface area contributed by atoms with Crippen molar-refractivity contribution in [3.63, 3.8) is 0 Å². The Kier molecular flexibility index (Phi) is 6.52. The molecule has 0 aromatic carbocycles. The second kappa shape index (κ2) is 6.67. The second-order valence-corrected chi connectivity index (χ2v) is 4.03. The summed E-state index contributed by atoms with van der Waals surface area (Å²) in [5.41, 5.74) is 0. The molecule has 0 aliphatic heterocycles. The minimum atomic E-state index is -4.64. The fourth-order valence-corrected chi connectivity index (χ4v) is 1.18. The van der Waals surface area contributed by atoms with Crippen molar-refractivity contribution in [3.05, 3.63) is 0 Å². The minimum absolute atomic E-state index is 2.04. The average molecular weight is 310 g/mol. The van der Waals surface area contributed by atoms with Gasteiger partial charge in [0.05, 0.1) is 0 Å². The van der Waals surface area contributed by atoms with Gasteiger partial charge in [-0.2, -0.15) is 17.6 Å². The Hall–Kier alpha value is -0.410. The molecule has 0 atom stereocenters. The van der Waals surface area contributed by atoms with Gasteiger partial charge in [-0.05, 0) is 0 Å². The van der Waals surface area contributed by atoms with Crippen molar-refractivity contribution in [3.8, 4) is 0 Å². The Morgan fingerprint density at radius 2 is 1.11 bits per heavy atom. The molecule has 12 heteroatoms. The van der Waals surface area contributed by atoms with E-state index in [1.54, 1.807) is 0 Å². The Labute approximate surface area is 96.0 Å². The van der Waals surface area contributed by atoms with Crippen molar-refractivity contribution < 1.29 is 48.7 Å². The zero-order valence-corrected chi connectivity index (χ0v) is 9.32. The summed E-state index contributed by atoms with van der Waals surface area (Å²) in [6.45, 7) is -4.08. The van der Waals surface area contributed by atoms with Crippen LogP contribution in [0.15, 0.2) is 0 Å². The fraction of sp³-hybridized carbons (Fsp3) is 1.00. The molecule has 0 N–H and O–H groups in total. The zero-order valence-electron chi connectivity index (χ0n) is 8.32. The van der Waals surface area contributed by atoms with Crippen molar-refractivity contribution in [1.29, 1.82) is 0 Å². The van der Waals surface area contributed by atoms with E-state index in [0.717, 1.165) is 0 Å². The van der Waals surface area contributed by atoms with Gasteiger partial charge in [0.2, 0.25) is 0 Å². The van der Waals surface area contributed by atoms with E-state index in [4.69, 9.17) is 0 Å². The van der Waals surface area contributed by atoms with Gasteiger partial charge in [0.15, 0.2) is 0 Å². The highest BCUT2D eigenvalue weighted by atomic mass is 31.1. The highest BCUT2D eigenvalue weighted by Gasteiger charge is 2.43. The van der Waals surface area contributed by atoms with Crippen LogP contribution in [0.5, 0.6) is 0 Å². The maximum Gasteiger partial charge on any atom is 0.330 e. The lowest BCUT2D eigenvalue weighted by Gasteiger charge is -2.17. The predicted molar refractivity (Wildman–Crippen MR) is 42.8 cm³/mol. The van der Waals surface area contributed by atoms with Gasteiger partial charge in [-0.15, -0.1) is 0 Å². The summed E-state index contributed by atoms with van der Waals surface area (Å²) in [5, 5.41) is 0. The van der Waals surface area contributed by atoms with Crippen LogP contribution in [0.4, 0.5) is 35.1 Å². The molecule has 0 amide bonds. The molecular weight excluding hydrogens is 303 g/mol. The molecule has 110 valence electrons. The summed E-state index contributed by atoms with van der Waals surface area (Å²) in [4.78, 5) is 0. The van der Waals surface area contributed by atoms with E-state index in [1.807, 2.05) is 0 Å². The third-order valence-corrected chi connectivity index (χ3v) is 2.16. The number of alkyl halides is 8. The molecule has 0 aliphatic carbocycles. The summed E-state index contributed by atoms with van der Waals surface area (Å²) in [6, 6.07) is 0. The molecule has 0 spiro atoms. The predicted octanol–water partition coefficient (Wildman–Crippen LogP) is 3.21. The molecule has 0 saturated carbocycles.